The molecule has 3 N–H and O–H groups in total. The van der Waals surface area contributed by atoms with Gasteiger partial charge < -0.3 is 20.4 Å². The predicted octanol–water partition coefficient (Wildman–Crippen LogP) is 6.28. The second-order valence-corrected chi connectivity index (χ2v) is 8.88. The monoisotopic (exact) mass is 573 g/mol. The molecule has 3 aromatic heterocycles. The number of alkyl halides is 2. The molecule has 42 heavy (non-hydrogen) atoms. The molecule has 0 fully saturated rings. The van der Waals surface area contributed by atoms with Crippen LogP contribution in [0.1, 0.15) is 17.7 Å². The number of hydrogen-bond donors (Lipinski definition) is 2. The van der Waals surface area contributed by atoms with Crippen LogP contribution in [0, 0.1) is 23.0 Å². The fourth-order valence-electron chi connectivity index (χ4n) is 4.52. The molecule has 9 nitrogen and oxygen atoms in total. The third-order valence-electron chi connectivity index (χ3n) is 6.35. The quantitative estimate of drug-likeness (QED) is 0.173. The van der Waals surface area contributed by atoms with Crippen LogP contribution in [0.5, 0.6) is 11.8 Å². The van der Waals surface area contributed by atoms with Gasteiger partial charge in [0.2, 0.25) is 5.91 Å². The predicted molar refractivity (Wildman–Crippen MR) is 147 cm³/mol. The van der Waals surface area contributed by atoms with E-state index in [0.29, 0.717) is 45.2 Å². The Morgan fingerprint density at radius 2 is 1.83 bits per heavy atom. The second-order valence-electron chi connectivity index (χ2n) is 8.88. The minimum Gasteiger partial charge on any atom is -0.421 e. The average Bonchev–Trinajstić information content (AvgIpc) is 3.29. The summed E-state index contributed by atoms with van der Waals surface area (Å²) in [5.74, 6) is -2.93. The van der Waals surface area contributed by atoms with E-state index in [0.717, 1.165) is 12.1 Å². The van der Waals surface area contributed by atoms with Crippen LogP contribution >= 0.6 is 0 Å². The molecule has 0 radical (unpaired) electrons. The molecule has 2 aromatic carbocycles. The van der Waals surface area contributed by atoms with E-state index in [1.54, 1.807) is 35.9 Å². The largest absolute Gasteiger partial charge is 0.421 e. The number of ether oxygens (including phenoxy) is 1. The number of hydrogen-bond acceptors (Lipinski definition) is 7. The Balaban J connectivity index is 1.65. The number of nitrogens with one attached hydrogen (secondary N) is 1. The Bertz CT molecular complexity index is 1910. The molecule has 0 aliphatic heterocycles. The molecular formula is C29H19F4N7O2. The van der Waals surface area contributed by atoms with E-state index in [-0.39, 0.29) is 17.3 Å². The third kappa shape index (κ3) is 4.97. The number of fused-ring (bicyclic) bond motifs is 1. The molecule has 0 saturated heterocycles. The number of anilines is 2. The Labute approximate surface area is 235 Å². The van der Waals surface area contributed by atoms with Gasteiger partial charge in [0.15, 0.2) is 17.4 Å². The number of nitriles is 1. The molecule has 5 rings (SSSR count). The van der Waals surface area contributed by atoms with E-state index in [9.17, 15) is 23.2 Å². The number of aryl methyl sites for hydroxylation is 1. The van der Waals surface area contributed by atoms with Crippen molar-refractivity contribution in [1.29, 1.82) is 5.26 Å². The van der Waals surface area contributed by atoms with Gasteiger partial charge in [0.05, 0.1) is 28.4 Å². The first-order valence-electron chi connectivity index (χ1n) is 12.1. The lowest BCUT2D eigenvalue weighted by Gasteiger charge is -2.12. The number of nitrogens with two attached hydrogens (primary N) is 1. The molecule has 0 unspecified atom stereocenters. The summed E-state index contributed by atoms with van der Waals surface area (Å²) in [7, 11) is 1.72. The van der Waals surface area contributed by atoms with Crippen molar-refractivity contribution in [3.8, 4) is 40.2 Å². The fraction of sp³-hybridized carbons (Fsp3) is 0.0690. The molecule has 0 aliphatic rings. The number of benzene rings is 2. The van der Waals surface area contributed by atoms with E-state index in [2.05, 4.69) is 32.9 Å². The van der Waals surface area contributed by atoms with Crippen LogP contribution in [0.3, 0.4) is 0 Å². The van der Waals surface area contributed by atoms with Gasteiger partial charge in [0.25, 0.3) is 6.43 Å². The number of nitrogen functional groups attached to an aromatic ring is 1. The molecule has 13 heteroatoms. The minimum absolute atomic E-state index is 0.0932. The summed E-state index contributed by atoms with van der Waals surface area (Å²) in [6.07, 6.45) is -0.240. The average molecular weight is 574 g/mol. The number of pyridine rings is 1. The Hall–Kier alpha value is -5.77. The number of nitrogens with zero attached hydrogens (tertiary/aromatic N) is 5. The summed E-state index contributed by atoms with van der Waals surface area (Å²) in [5, 5.41) is 12.8. The number of halogens is 4. The minimum atomic E-state index is -3.22. The van der Waals surface area contributed by atoms with Crippen molar-refractivity contribution < 1.29 is 27.1 Å². The lowest BCUT2D eigenvalue weighted by atomic mass is 9.97. The van der Waals surface area contributed by atoms with Gasteiger partial charge in [-0.25, -0.2) is 27.5 Å². The molecule has 0 spiro atoms. The third-order valence-corrected chi connectivity index (χ3v) is 6.35. The van der Waals surface area contributed by atoms with Crippen molar-refractivity contribution in [2.75, 3.05) is 11.1 Å². The van der Waals surface area contributed by atoms with Crippen molar-refractivity contribution in [1.82, 2.24) is 19.5 Å². The number of carbonyl (C=O) groups is 1. The molecule has 0 bridgehead atoms. The molecule has 0 aliphatic carbocycles. The number of amides is 1. The smallest absolute Gasteiger partial charge is 0.322 e. The van der Waals surface area contributed by atoms with Crippen LogP contribution in [0.25, 0.3) is 33.3 Å². The standard InChI is InChI=1S/C29H19F4N7O2/c1-3-21(41)38-17-7-4-14(5-8-17)25-22(23-26(40(25)2)16(11-34)12-36-28(23)35)15-6-9-20(18(30)10-15)42-29-37-13-19(31)24(39-29)27(32)33/h3-10,12-13,27H,1H2,2H3,(H2,35,36)(H,38,41). The van der Waals surface area contributed by atoms with E-state index in [1.165, 1.54) is 18.3 Å². The highest BCUT2D eigenvalue weighted by Gasteiger charge is 2.25. The molecule has 0 atom stereocenters. The van der Waals surface area contributed by atoms with E-state index >= 15 is 4.39 Å². The first kappa shape index (κ1) is 27.8. The maximum absolute atomic E-state index is 15.4. The molecule has 210 valence electrons. The summed E-state index contributed by atoms with van der Waals surface area (Å²) in [6.45, 7) is 3.43. The normalized spacial score (nSPS) is 11.0. The van der Waals surface area contributed by atoms with Gasteiger partial charge in [0.1, 0.15) is 17.6 Å². The zero-order valence-electron chi connectivity index (χ0n) is 21.7. The van der Waals surface area contributed by atoms with E-state index in [1.807, 2.05) is 0 Å². The topological polar surface area (TPSA) is 132 Å². The summed E-state index contributed by atoms with van der Waals surface area (Å²) < 4.78 is 62.0. The van der Waals surface area contributed by atoms with Crippen LogP contribution in [0.15, 0.2) is 67.5 Å². The number of rotatable bonds is 7. The summed E-state index contributed by atoms with van der Waals surface area (Å²) >= 11 is 0. The van der Waals surface area contributed by atoms with Crippen molar-refractivity contribution >= 4 is 28.3 Å². The molecule has 0 saturated carbocycles. The van der Waals surface area contributed by atoms with Crippen LogP contribution in [0.2, 0.25) is 0 Å². The molecular weight excluding hydrogens is 554 g/mol. The van der Waals surface area contributed by atoms with Crippen LogP contribution in [-0.4, -0.2) is 25.4 Å². The fourth-order valence-corrected chi connectivity index (χ4v) is 4.52. The summed E-state index contributed by atoms with van der Waals surface area (Å²) in [5.41, 5.74) is 8.26. The molecule has 1 amide bonds. The van der Waals surface area contributed by atoms with Crippen molar-refractivity contribution in [2.24, 2.45) is 7.05 Å². The number of aromatic nitrogens is 4. The van der Waals surface area contributed by atoms with Gasteiger partial charge in [-0.2, -0.15) is 10.2 Å². The number of carbonyl (C=O) groups excluding carboxylic acids is 1. The van der Waals surface area contributed by atoms with Crippen LogP contribution in [0.4, 0.5) is 29.1 Å². The summed E-state index contributed by atoms with van der Waals surface area (Å²) in [4.78, 5) is 22.7. The van der Waals surface area contributed by atoms with Crippen LogP contribution < -0.4 is 15.8 Å². The zero-order valence-corrected chi connectivity index (χ0v) is 21.7. The maximum atomic E-state index is 15.4. The zero-order chi connectivity index (χ0) is 30.1. The van der Waals surface area contributed by atoms with Crippen molar-refractivity contribution in [3.05, 3.63) is 90.4 Å². The van der Waals surface area contributed by atoms with E-state index in [4.69, 9.17) is 10.5 Å². The Morgan fingerprint density at radius 3 is 2.48 bits per heavy atom. The molecule has 5 aromatic rings. The van der Waals surface area contributed by atoms with Gasteiger partial charge in [-0.15, -0.1) is 0 Å². The second kappa shape index (κ2) is 11.0. The maximum Gasteiger partial charge on any atom is 0.322 e. The lowest BCUT2D eigenvalue weighted by Crippen LogP contribution is -2.06. The Morgan fingerprint density at radius 1 is 1.12 bits per heavy atom. The van der Waals surface area contributed by atoms with E-state index < -0.39 is 35.5 Å². The molecule has 3 heterocycles. The van der Waals surface area contributed by atoms with Crippen molar-refractivity contribution in [2.45, 2.75) is 6.43 Å². The van der Waals surface area contributed by atoms with Gasteiger partial charge >= 0.3 is 6.01 Å². The van der Waals surface area contributed by atoms with Gasteiger partial charge in [0, 0.05) is 24.5 Å². The van der Waals surface area contributed by atoms with Crippen molar-refractivity contribution in [3.63, 3.8) is 0 Å². The SMILES string of the molecule is C=CC(=O)Nc1ccc(-c2c(-c3ccc(Oc4ncc(F)c(C(F)F)n4)c(F)c3)c3c(N)ncc(C#N)c3n2C)cc1. The highest BCUT2D eigenvalue weighted by molar-refractivity contribution is 6.10. The first-order chi connectivity index (χ1) is 20.1. The highest BCUT2D eigenvalue weighted by Crippen LogP contribution is 2.44. The summed E-state index contributed by atoms with van der Waals surface area (Å²) in [6, 6.07) is 12.1. The lowest BCUT2D eigenvalue weighted by molar-refractivity contribution is -0.111. The highest BCUT2D eigenvalue weighted by atomic mass is 19.3. The van der Waals surface area contributed by atoms with Crippen LogP contribution in [-0.2, 0) is 11.8 Å². The van der Waals surface area contributed by atoms with Gasteiger partial charge in [-0.3, -0.25) is 4.79 Å². The van der Waals surface area contributed by atoms with Gasteiger partial charge in [-0.05, 0) is 41.5 Å². The first-order valence-corrected chi connectivity index (χ1v) is 12.1. The Kier molecular flexibility index (Phi) is 7.28. The van der Waals surface area contributed by atoms with Gasteiger partial charge in [-0.1, -0.05) is 24.8 Å².